The van der Waals surface area contributed by atoms with Gasteiger partial charge in [0.05, 0.1) is 5.56 Å². The first-order valence-electron chi connectivity index (χ1n) is 9.23. The molecule has 1 unspecified atom stereocenters. The van der Waals surface area contributed by atoms with Crippen LogP contribution in [0.15, 0.2) is 54.6 Å². The highest BCUT2D eigenvalue weighted by Crippen LogP contribution is 2.29. The Balaban J connectivity index is 1.69. The molecule has 27 heavy (non-hydrogen) atoms. The second kappa shape index (κ2) is 8.13. The summed E-state index contributed by atoms with van der Waals surface area (Å²) in [6.45, 7) is 4.98. The predicted molar refractivity (Wildman–Crippen MR) is 105 cm³/mol. The molecular weight excluding hydrogens is 347 g/mol. The number of hydrogen-bond acceptors (Lipinski definition) is 1. The quantitative estimate of drug-likeness (QED) is 0.823. The van der Waals surface area contributed by atoms with Gasteiger partial charge in [-0.25, -0.2) is 0 Å². The number of halogens is 3. The van der Waals surface area contributed by atoms with E-state index in [9.17, 15) is 13.2 Å². The summed E-state index contributed by atoms with van der Waals surface area (Å²) in [5.74, 6) is 0.467. The Morgan fingerprint density at radius 2 is 1.93 bits per heavy atom. The van der Waals surface area contributed by atoms with Crippen LogP contribution in [0.2, 0.25) is 0 Å². The molecule has 0 aliphatic heterocycles. The highest BCUT2D eigenvalue weighted by molar-refractivity contribution is 5.57. The summed E-state index contributed by atoms with van der Waals surface area (Å²) >= 11 is 0. The lowest BCUT2D eigenvalue weighted by Gasteiger charge is -2.25. The lowest BCUT2D eigenvalue weighted by atomic mass is 9.86. The number of nitrogens with one attached hydrogen (secondary N) is 1. The van der Waals surface area contributed by atoms with Crippen LogP contribution in [0.3, 0.4) is 0 Å². The molecule has 142 valence electrons. The summed E-state index contributed by atoms with van der Waals surface area (Å²) in [7, 11) is 0. The van der Waals surface area contributed by atoms with Gasteiger partial charge in [-0.15, -0.1) is 0 Å². The fourth-order valence-electron chi connectivity index (χ4n) is 3.66. The van der Waals surface area contributed by atoms with E-state index in [1.54, 1.807) is 12.1 Å². The van der Waals surface area contributed by atoms with E-state index in [-0.39, 0.29) is 6.04 Å². The Morgan fingerprint density at radius 3 is 2.70 bits per heavy atom. The molecule has 3 rings (SSSR count). The highest BCUT2D eigenvalue weighted by atomic mass is 19.4. The predicted octanol–water partition coefficient (Wildman–Crippen LogP) is 4.37. The second-order valence-electron chi connectivity index (χ2n) is 7.04. The molecule has 0 heterocycles. The third-order valence-corrected chi connectivity index (χ3v) is 5.03. The Bertz CT molecular complexity index is 941. The van der Waals surface area contributed by atoms with Crippen LogP contribution < -0.4 is 15.8 Å². The fourth-order valence-corrected chi connectivity index (χ4v) is 3.66. The van der Waals surface area contributed by atoms with Gasteiger partial charge in [-0.3, -0.25) is 0 Å². The number of alkyl halides is 3. The van der Waals surface area contributed by atoms with Crippen molar-refractivity contribution >= 4 is 17.7 Å². The summed E-state index contributed by atoms with van der Waals surface area (Å²) in [5.41, 5.74) is 1.32. The minimum absolute atomic E-state index is 0.195. The first-order valence-corrected chi connectivity index (χ1v) is 9.23. The summed E-state index contributed by atoms with van der Waals surface area (Å²) in [6.07, 6.45) is 2.60. The molecule has 0 amide bonds. The molecule has 1 nitrogen and oxygen atoms in total. The molecule has 2 atom stereocenters. The van der Waals surface area contributed by atoms with Crippen LogP contribution >= 0.6 is 0 Å². The zero-order valence-electron chi connectivity index (χ0n) is 15.6. The van der Waals surface area contributed by atoms with Crippen molar-refractivity contribution in [2.45, 2.75) is 32.5 Å². The average Bonchev–Trinajstić information content (AvgIpc) is 2.64. The smallest absolute Gasteiger partial charge is 0.307 e. The Labute approximate surface area is 157 Å². The first kappa shape index (κ1) is 19.4. The van der Waals surface area contributed by atoms with Gasteiger partial charge in [-0.05, 0) is 53.0 Å². The fraction of sp³-hybridized carbons (Fsp3) is 0.304. The zero-order valence-corrected chi connectivity index (χ0v) is 15.6. The van der Waals surface area contributed by atoms with Crippen LogP contribution in [0.5, 0.6) is 0 Å². The van der Waals surface area contributed by atoms with E-state index in [2.05, 4.69) is 49.5 Å². The van der Waals surface area contributed by atoms with E-state index >= 15 is 0 Å². The molecular formula is C23H24F3N. The molecule has 0 aromatic heterocycles. The van der Waals surface area contributed by atoms with Crippen LogP contribution in [-0.2, 0) is 6.18 Å². The average molecular weight is 371 g/mol. The van der Waals surface area contributed by atoms with Gasteiger partial charge in [0, 0.05) is 12.6 Å². The zero-order chi connectivity index (χ0) is 19.4. The third kappa shape index (κ3) is 4.69. The lowest BCUT2D eigenvalue weighted by molar-refractivity contribution is -0.137. The van der Waals surface area contributed by atoms with Crippen LogP contribution in [0, 0.1) is 5.92 Å². The maximum absolute atomic E-state index is 12.8. The summed E-state index contributed by atoms with van der Waals surface area (Å²) < 4.78 is 38.4. The van der Waals surface area contributed by atoms with Crippen molar-refractivity contribution in [3.05, 3.63) is 76.2 Å². The molecule has 2 aromatic carbocycles. The van der Waals surface area contributed by atoms with Crippen molar-refractivity contribution in [3.63, 3.8) is 0 Å². The molecule has 0 spiro atoms. The minimum atomic E-state index is -4.31. The van der Waals surface area contributed by atoms with E-state index in [4.69, 9.17) is 0 Å². The molecule has 1 aliphatic rings. The molecule has 1 N–H and O–H groups in total. The molecule has 0 bridgehead atoms. The lowest BCUT2D eigenvalue weighted by Crippen LogP contribution is -2.40. The maximum atomic E-state index is 12.8. The van der Waals surface area contributed by atoms with Crippen molar-refractivity contribution in [2.24, 2.45) is 5.92 Å². The summed E-state index contributed by atoms with van der Waals surface area (Å²) in [6, 6.07) is 14.0. The molecule has 0 fully saturated rings. The van der Waals surface area contributed by atoms with Crippen molar-refractivity contribution in [1.82, 2.24) is 5.32 Å². The molecule has 2 aromatic rings. The van der Waals surface area contributed by atoms with Crippen LogP contribution in [-0.4, -0.2) is 12.6 Å². The SMILES string of the molecule is CC1CC=c2ccccc2=C1[C@@H](C)NC/C=C/c1cccc(C(F)(F)F)c1. The Kier molecular flexibility index (Phi) is 5.85. The van der Waals surface area contributed by atoms with Crippen LogP contribution in [0.1, 0.15) is 31.4 Å². The molecule has 1 aliphatic carbocycles. The highest BCUT2D eigenvalue weighted by Gasteiger charge is 2.30. The van der Waals surface area contributed by atoms with E-state index in [1.165, 1.54) is 28.1 Å². The standard InChI is InChI=1S/C23H24F3N/c1-16-12-13-19-9-3-4-11-21(19)22(16)17(2)27-14-6-8-18-7-5-10-20(15-18)23(24,25)26/h3-11,13,15-17,27H,12,14H2,1-2H3/b8-6+/t16?,17-/m1/s1. The van der Waals surface area contributed by atoms with E-state index in [0.717, 1.165) is 12.5 Å². The minimum Gasteiger partial charge on any atom is -0.307 e. The largest absolute Gasteiger partial charge is 0.416 e. The Hall–Kier alpha value is -2.33. The van der Waals surface area contributed by atoms with Gasteiger partial charge in [0.25, 0.3) is 0 Å². The van der Waals surface area contributed by atoms with Crippen molar-refractivity contribution in [1.29, 1.82) is 0 Å². The number of benzene rings is 2. The Morgan fingerprint density at radius 1 is 1.15 bits per heavy atom. The topological polar surface area (TPSA) is 12.0 Å². The van der Waals surface area contributed by atoms with Gasteiger partial charge in [0.15, 0.2) is 0 Å². The molecule has 4 heteroatoms. The molecule has 0 saturated heterocycles. The van der Waals surface area contributed by atoms with Gasteiger partial charge in [0.2, 0.25) is 0 Å². The van der Waals surface area contributed by atoms with Gasteiger partial charge in [-0.1, -0.05) is 61.5 Å². The van der Waals surface area contributed by atoms with Crippen molar-refractivity contribution < 1.29 is 13.2 Å². The van der Waals surface area contributed by atoms with Gasteiger partial charge >= 0.3 is 6.18 Å². The third-order valence-electron chi connectivity index (χ3n) is 5.03. The number of hydrogen-bond donors (Lipinski definition) is 1. The van der Waals surface area contributed by atoms with Crippen molar-refractivity contribution in [2.75, 3.05) is 6.54 Å². The molecule has 0 saturated carbocycles. The van der Waals surface area contributed by atoms with Gasteiger partial charge in [-0.2, -0.15) is 13.2 Å². The van der Waals surface area contributed by atoms with Gasteiger partial charge in [0.1, 0.15) is 0 Å². The van der Waals surface area contributed by atoms with Crippen LogP contribution in [0.4, 0.5) is 13.2 Å². The number of rotatable bonds is 5. The van der Waals surface area contributed by atoms with Gasteiger partial charge < -0.3 is 5.32 Å². The van der Waals surface area contributed by atoms with E-state index in [1.807, 2.05) is 6.08 Å². The molecule has 0 radical (unpaired) electrons. The number of fused-ring (bicyclic) bond motifs is 1. The monoisotopic (exact) mass is 371 g/mol. The van der Waals surface area contributed by atoms with Crippen molar-refractivity contribution in [3.8, 4) is 0 Å². The van der Waals surface area contributed by atoms with E-state index < -0.39 is 11.7 Å². The summed E-state index contributed by atoms with van der Waals surface area (Å²) in [4.78, 5) is 0. The maximum Gasteiger partial charge on any atom is 0.416 e. The second-order valence-corrected chi connectivity index (χ2v) is 7.04. The normalized spacial score (nSPS) is 18.3. The summed E-state index contributed by atoms with van der Waals surface area (Å²) in [5, 5.41) is 6.05. The van der Waals surface area contributed by atoms with Crippen LogP contribution in [0.25, 0.3) is 17.7 Å². The first-order chi connectivity index (χ1) is 12.9. The van der Waals surface area contributed by atoms with E-state index in [0.29, 0.717) is 18.0 Å².